The van der Waals surface area contributed by atoms with E-state index in [0.29, 0.717) is 38.4 Å². The molecule has 3 rings (SSSR count). The number of benzene rings is 1. The summed E-state index contributed by atoms with van der Waals surface area (Å²) in [7, 11) is -3.52. The summed E-state index contributed by atoms with van der Waals surface area (Å²) in [5.74, 6) is 0.688. The smallest absolute Gasteiger partial charge is 0.243 e. The molecule has 0 saturated carbocycles. The summed E-state index contributed by atoms with van der Waals surface area (Å²) in [5.41, 5.74) is 0.578. The topological polar surface area (TPSA) is 82.9 Å². The normalized spacial score (nSPS) is 16.7. The molecule has 0 unspecified atom stereocenters. The number of nitrogens with one attached hydrogen (secondary N) is 1. The van der Waals surface area contributed by atoms with Crippen molar-refractivity contribution in [2.24, 2.45) is 0 Å². The van der Waals surface area contributed by atoms with E-state index in [0.717, 1.165) is 5.76 Å². The van der Waals surface area contributed by atoms with E-state index >= 15 is 0 Å². The monoisotopic (exact) mass is 363 g/mol. The van der Waals surface area contributed by atoms with Crippen molar-refractivity contribution in [3.63, 3.8) is 0 Å². The van der Waals surface area contributed by atoms with Gasteiger partial charge in [0.25, 0.3) is 0 Å². The number of furan rings is 1. The van der Waals surface area contributed by atoms with Crippen LogP contribution in [0.1, 0.15) is 12.7 Å². The number of rotatable bonds is 5. The molecule has 25 heavy (non-hydrogen) atoms. The number of piperazine rings is 1. The lowest BCUT2D eigenvalue weighted by Gasteiger charge is -2.33. The van der Waals surface area contributed by atoms with Gasteiger partial charge in [-0.3, -0.25) is 9.69 Å². The fourth-order valence-electron chi connectivity index (χ4n) is 2.81. The highest BCUT2D eigenvalue weighted by Gasteiger charge is 2.28. The van der Waals surface area contributed by atoms with E-state index in [2.05, 4.69) is 10.2 Å². The lowest BCUT2D eigenvalue weighted by molar-refractivity contribution is -0.114. The molecule has 0 spiro atoms. The van der Waals surface area contributed by atoms with Crippen molar-refractivity contribution >= 4 is 21.6 Å². The number of nitrogens with zero attached hydrogens (tertiary/aromatic N) is 2. The molecule has 7 nitrogen and oxygen atoms in total. The average molecular weight is 363 g/mol. The molecule has 1 fully saturated rings. The first-order valence-electron chi connectivity index (χ1n) is 8.08. The van der Waals surface area contributed by atoms with Gasteiger partial charge in [0.05, 0.1) is 17.7 Å². The summed E-state index contributed by atoms with van der Waals surface area (Å²) in [4.78, 5) is 13.4. The Balaban J connectivity index is 1.62. The van der Waals surface area contributed by atoms with Crippen molar-refractivity contribution in [3.8, 4) is 0 Å². The van der Waals surface area contributed by atoms with Crippen LogP contribution in [-0.4, -0.2) is 49.7 Å². The molecule has 0 bridgehead atoms. The molecule has 1 amide bonds. The Bertz CT molecular complexity index is 808. The molecule has 8 heteroatoms. The van der Waals surface area contributed by atoms with Crippen LogP contribution < -0.4 is 5.32 Å². The van der Waals surface area contributed by atoms with Gasteiger partial charge in [-0.25, -0.2) is 8.42 Å². The van der Waals surface area contributed by atoms with Gasteiger partial charge in [0.2, 0.25) is 15.9 Å². The number of carbonyl (C=O) groups is 1. The summed E-state index contributed by atoms with van der Waals surface area (Å²) >= 11 is 0. The first-order chi connectivity index (χ1) is 11.9. The van der Waals surface area contributed by atoms with Crippen molar-refractivity contribution in [2.75, 3.05) is 31.5 Å². The van der Waals surface area contributed by atoms with E-state index in [4.69, 9.17) is 4.42 Å². The number of anilines is 1. The van der Waals surface area contributed by atoms with E-state index in [1.807, 2.05) is 12.1 Å². The van der Waals surface area contributed by atoms with Crippen molar-refractivity contribution in [2.45, 2.75) is 18.4 Å². The molecule has 1 aromatic carbocycles. The van der Waals surface area contributed by atoms with E-state index in [9.17, 15) is 13.2 Å². The number of hydrogen-bond donors (Lipinski definition) is 1. The molecule has 1 aliphatic rings. The van der Waals surface area contributed by atoms with Gasteiger partial charge in [-0.15, -0.1) is 0 Å². The second kappa shape index (κ2) is 7.38. The van der Waals surface area contributed by atoms with Gasteiger partial charge in [0.15, 0.2) is 0 Å². The number of sulfonamides is 1. The van der Waals surface area contributed by atoms with E-state index < -0.39 is 10.0 Å². The quantitative estimate of drug-likeness (QED) is 0.875. The Morgan fingerprint density at radius 2 is 1.80 bits per heavy atom. The summed E-state index contributed by atoms with van der Waals surface area (Å²) < 4.78 is 32.3. The fraction of sp³-hybridized carbons (Fsp3) is 0.353. The maximum atomic E-state index is 12.7. The predicted octanol–water partition coefficient (Wildman–Crippen LogP) is 1.74. The predicted molar refractivity (Wildman–Crippen MR) is 93.5 cm³/mol. The number of carbonyl (C=O) groups excluding carboxylic acids is 1. The third-order valence-electron chi connectivity index (χ3n) is 4.10. The van der Waals surface area contributed by atoms with Crippen molar-refractivity contribution < 1.29 is 17.6 Å². The number of amides is 1. The largest absolute Gasteiger partial charge is 0.468 e. The van der Waals surface area contributed by atoms with E-state index in [-0.39, 0.29) is 10.8 Å². The van der Waals surface area contributed by atoms with Crippen LogP contribution in [0, 0.1) is 0 Å². The van der Waals surface area contributed by atoms with Crippen LogP contribution in [0.3, 0.4) is 0 Å². The van der Waals surface area contributed by atoms with Gasteiger partial charge in [0.1, 0.15) is 5.76 Å². The standard InChI is InChI=1S/C17H21N3O4S/c1-14(21)18-15-4-6-17(7-5-15)25(22,23)20-10-8-19(9-11-20)13-16-3-2-12-24-16/h2-7,12H,8-11,13H2,1H3,(H,18,21). The summed E-state index contributed by atoms with van der Waals surface area (Å²) in [6, 6.07) is 10.0. The van der Waals surface area contributed by atoms with Gasteiger partial charge in [0, 0.05) is 38.8 Å². The molecule has 0 atom stereocenters. The Morgan fingerprint density at radius 3 is 2.36 bits per heavy atom. The molecule has 1 N–H and O–H groups in total. The fourth-order valence-corrected chi connectivity index (χ4v) is 4.24. The van der Waals surface area contributed by atoms with Crippen LogP contribution in [0.25, 0.3) is 0 Å². The molecule has 0 radical (unpaired) electrons. The van der Waals surface area contributed by atoms with Gasteiger partial charge >= 0.3 is 0 Å². The molecule has 0 aliphatic carbocycles. The van der Waals surface area contributed by atoms with Crippen LogP contribution in [-0.2, 0) is 21.4 Å². The molecule has 2 heterocycles. The second-order valence-corrected chi connectivity index (χ2v) is 7.90. The van der Waals surface area contributed by atoms with Crippen LogP contribution >= 0.6 is 0 Å². The lowest BCUT2D eigenvalue weighted by Crippen LogP contribution is -2.48. The third kappa shape index (κ3) is 4.28. The molecule has 2 aromatic rings. The highest BCUT2D eigenvalue weighted by Crippen LogP contribution is 2.20. The third-order valence-corrected chi connectivity index (χ3v) is 6.02. The van der Waals surface area contributed by atoms with Crippen molar-refractivity contribution in [1.82, 2.24) is 9.21 Å². The zero-order valence-electron chi connectivity index (χ0n) is 14.0. The maximum absolute atomic E-state index is 12.7. The van der Waals surface area contributed by atoms with Gasteiger partial charge < -0.3 is 9.73 Å². The maximum Gasteiger partial charge on any atom is 0.243 e. The van der Waals surface area contributed by atoms with Gasteiger partial charge in [-0.1, -0.05) is 0 Å². The van der Waals surface area contributed by atoms with Crippen LogP contribution in [0.4, 0.5) is 5.69 Å². The highest BCUT2D eigenvalue weighted by atomic mass is 32.2. The molecular formula is C17H21N3O4S. The minimum absolute atomic E-state index is 0.191. The summed E-state index contributed by atoms with van der Waals surface area (Å²) in [6.07, 6.45) is 1.64. The molecule has 1 aliphatic heterocycles. The van der Waals surface area contributed by atoms with E-state index in [1.165, 1.54) is 23.4 Å². The van der Waals surface area contributed by atoms with E-state index in [1.54, 1.807) is 18.4 Å². The first-order valence-corrected chi connectivity index (χ1v) is 9.52. The van der Waals surface area contributed by atoms with Crippen LogP contribution in [0.5, 0.6) is 0 Å². The zero-order chi connectivity index (χ0) is 17.9. The Hall–Kier alpha value is -2.16. The minimum atomic E-state index is -3.52. The Morgan fingerprint density at radius 1 is 1.12 bits per heavy atom. The minimum Gasteiger partial charge on any atom is -0.468 e. The zero-order valence-corrected chi connectivity index (χ0v) is 14.8. The van der Waals surface area contributed by atoms with Gasteiger partial charge in [-0.2, -0.15) is 4.31 Å². The lowest BCUT2D eigenvalue weighted by atomic mass is 10.3. The number of hydrogen-bond acceptors (Lipinski definition) is 5. The van der Waals surface area contributed by atoms with Crippen LogP contribution in [0.15, 0.2) is 52.0 Å². The highest BCUT2D eigenvalue weighted by molar-refractivity contribution is 7.89. The Kier molecular flexibility index (Phi) is 5.22. The van der Waals surface area contributed by atoms with Crippen molar-refractivity contribution in [1.29, 1.82) is 0 Å². The summed E-state index contributed by atoms with van der Waals surface area (Å²) in [5, 5.41) is 2.63. The molecule has 1 saturated heterocycles. The Labute approximate surface area is 147 Å². The molecular weight excluding hydrogens is 342 g/mol. The SMILES string of the molecule is CC(=O)Nc1ccc(S(=O)(=O)N2CCN(Cc3ccco3)CC2)cc1. The molecule has 1 aromatic heterocycles. The van der Waals surface area contributed by atoms with Crippen molar-refractivity contribution in [3.05, 3.63) is 48.4 Å². The van der Waals surface area contributed by atoms with Crippen LogP contribution in [0.2, 0.25) is 0 Å². The second-order valence-electron chi connectivity index (χ2n) is 5.97. The molecule has 134 valence electrons. The summed E-state index contributed by atoms with van der Waals surface area (Å²) in [6.45, 7) is 4.29. The first kappa shape index (κ1) is 17.7. The van der Waals surface area contributed by atoms with Gasteiger partial charge in [-0.05, 0) is 36.4 Å². The average Bonchev–Trinajstić information content (AvgIpc) is 3.08.